The molecule has 0 saturated heterocycles. The molecule has 0 bridgehead atoms. The lowest BCUT2D eigenvalue weighted by molar-refractivity contribution is -0.756. The molecule has 0 unspecified atom stereocenters. The number of benzene rings is 2. The predicted octanol–water partition coefficient (Wildman–Crippen LogP) is 4.89. The van der Waals surface area contributed by atoms with Crippen molar-refractivity contribution >= 4 is 0 Å². The second-order valence-electron chi connectivity index (χ2n) is 6.79. The summed E-state index contributed by atoms with van der Waals surface area (Å²) in [7, 11) is 0. The first kappa shape index (κ1) is 15.2. The summed E-state index contributed by atoms with van der Waals surface area (Å²) in [5, 5.41) is 0. The Kier molecular flexibility index (Phi) is 3.76. The minimum absolute atomic E-state index is 0.203. The number of imidazole rings is 1. The van der Waals surface area contributed by atoms with Gasteiger partial charge in [0.1, 0.15) is 23.6 Å². The Hall–Kier alpha value is -2.35. The number of para-hydroxylation sites is 1. The van der Waals surface area contributed by atoms with Gasteiger partial charge in [-0.25, -0.2) is 4.57 Å². The number of fused-ring (bicyclic) bond motifs is 3. The molecule has 4 rings (SSSR count). The van der Waals surface area contributed by atoms with Crippen LogP contribution in [-0.4, -0.2) is 4.57 Å². The van der Waals surface area contributed by atoms with Crippen LogP contribution in [-0.2, 0) is 12.0 Å². The maximum absolute atomic E-state index is 2.55. The standard InChI is InChI=1S/C22H25N2/c1-3-22(4-2)15-14-18-10-8-9-13-20(18)21-23(16-17-24(21)22)19-11-6-5-7-12-19/h5-13,16-17H,3-4,14-15H2,1-2H3/q+1. The van der Waals surface area contributed by atoms with Crippen LogP contribution in [0.2, 0.25) is 0 Å². The molecule has 24 heavy (non-hydrogen) atoms. The van der Waals surface area contributed by atoms with E-state index in [1.54, 1.807) is 0 Å². The van der Waals surface area contributed by atoms with Crippen molar-refractivity contribution in [3.05, 3.63) is 72.6 Å². The molecule has 0 spiro atoms. The van der Waals surface area contributed by atoms with Crippen LogP contribution in [0.15, 0.2) is 67.0 Å². The molecule has 122 valence electrons. The van der Waals surface area contributed by atoms with Crippen LogP contribution in [0, 0.1) is 0 Å². The van der Waals surface area contributed by atoms with Crippen molar-refractivity contribution in [3.8, 4) is 17.1 Å². The molecule has 0 fully saturated rings. The van der Waals surface area contributed by atoms with Crippen molar-refractivity contribution < 1.29 is 4.57 Å². The van der Waals surface area contributed by atoms with Crippen molar-refractivity contribution in [1.29, 1.82) is 0 Å². The third-order valence-corrected chi connectivity index (χ3v) is 5.80. The number of aromatic nitrogens is 2. The molecule has 0 N–H and O–H groups in total. The molecular formula is C22H25N2+. The van der Waals surface area contributed by atoms with E-state index in [0.717, 1.165) is 19.3 Å². The van der Waals surface area contributed by atoms with Gasteiger partial charge in [0, 0.05) is 0 Å². The highest BCUT2D eigenvalue weighted by atomic mass is 15.2. The molecule has 1 aliphatic rings. The Labute approximate surface area is 144 Å². The minimum Gasteiger partial charge on any atom is -0.224 e. The second-order valence-corrected chi connectivity index (χ2v) is 6.79. The monoisotopic (exact) mass is 317 g/mol. The van der Waals surface area contributed by atoms with Gasteiger partial charge < -0.3 is 0 Å². The second kappa shape index (κ2) is 5.94. The molecule has 1 aliphatic heterocycles. The SMILES string of the molecule is CCC1(CC)CCc2ccccc2-c2n(-c3ccccc3)cc[n+]21. The molecule has 2 heteroatoms. The number of hydrogen-bond acceptors (Lipinski definition) is 0. The van der Waals surface area contributed by atoms with Gasteiger partial charge in [0.05, 0.1) is 5.56 Å². The quantitative estimate of drug-likeness (QED) is 0.608. The molecule has 2 aromatic carbocycles. The van der Waals surface area contributed by atoms with E-state index in [0.29, 0.717) is 0 Å². The summed E-state index contributed by atoms with van der Waals surface area (Å²) in [6.45, 7) is 4.66. The zero-order valence-corrected chi connectivity index (χ0v) is 14.6. The minimum atomic E-state index is 0.203. The fourth-order valence-corrected chi connectivity index (χ4v) is 4.22. The highest BCUT2D eigenvalue weighted by Gasteiger charge is 2.40. The van der Waals surface area contributed by atoms with Gasteiger partial charge in [-0.05, 0) is 49.4 Å². The van der Waals surface area contributed by atoms with Crippen molar-refractivity contribution in [1.82, 2.24) is 4.57 Å². The first-order valence-electron chi connectivity index (χ1n) is 9.06. The lowest BCUT2D eigenvalue weighted by Gasteiger charge is -2.28. The molecule has 0 aliphatic carbocycles. The van der Waals surface area contributed by atoms with Gasteiger partial charge in [0.25, 0.3) is 5.82 Å². The highest BCUT2D eigenvalue weighted by Crippen LogP contribution is 2.35. The smallest absolute Gasteiger partial charge is 0.224 e. The van der Waals surface area contributed by atoms with Crippen LogP contribution in [0.25, 0.3) is 17.1 Å². The molecular weight excluding hydrogens is 292 g/mol. The number of nitrogens with zero attached hydrogens (tertiary/aromatic N) is 2. The summed E-state index contributed by atoms with van der Waals surface area (Å²) in [5.74, 6) is 1.32. The number of hydrogen-bond donors (Lipinski definition) is 0. The maximum atomic E-state index is 2.55. The summed E-state index contributed by atoms with van der Waals surface area (Å²) in [6, 6.07) is 19.6. The Balaban J connectivity index is 2.03. The van der Waals surface area contributed by atoms with Gasteiger partial charge in [-0.1, -0.05) is 50.2 Å². The largest absolute Gasteiger partial charge is 0.294 e. The van der Waals surface area contributed by atoms with Crippen molar-refractivity contribution in [2.45, 2.75) is 45.1 Å². The van der Waals surface area contributed by atoms with Crippen LogP contribution in [0.3, 0.4) is 0 Å². The fourth-order valence-electron chi connectivity index (χ4n) is 4.22. The molecule has 0 radical (unpaired) electrons. The third-order valence-electron chi connectivity index (χ3n) is 5.80. The Morgan fingerprint density at radius 2 is 1.67 bits per heavy atom. The van der Waals surface area contributed by atoms with Crippen molar-refractivity contribution in [2.75, 3.05) is 0 Å². The average Bonchev–Trinajstić information content (AvgIpc) is 3.04. The molecule has 0 atom stereocenters. The van der Waals surface area contributed by atoms with E-state index in [9.17, 15) is 0 Å². The summed E-state index contributed by atoms with van der Waals surface area (Å²) < 4.78 is 4.90. The van der Waals surface area contributed by atoms with Gasteiger partial charge in [-0.2, -0.15) is 4.57 Å². The summed E-state index contributed by atoms with van der Waals surface area (Å²) in [5.41, 5.74) is 4.26. The average molecular weight is 317 g/mol. The van der Waals surface area contributed by atoms with E-state index in [-0.39, 0.29) is 5.54 Å². The van der Waals surface area contributed by atoms with E-state index >= 15 is 0 Å². The van der Waals surface area contributed by atoms with Crippen LogP contribution in [0.1, 0.15) is 38.7 Å². The lowest BCUT2D eigenvalue weighted by Crippen LogP contribution is -2.55. The molecule has 0 saturated carbocycles. The van der Waals surface area contributed by atoms with Gasteiger partial charge in [0.15, 0.2) is 0 Å². The van der Waals surface area contributed by atoms with E-state index in [2.05, 4.69) is 90.0 Å². The first-order chi connectivity index (χ1) is 11.8. The van der Waals surface area contributed by atoms with Gasteiger partial charge in [0.2, 0.25) is 0 Å². The third kappa shape index (κ3) is 2.21. The normalized spacial score (nSPS) is 15.4. The van der Waals surface area contributed by atoms with Crippen molar-refractivity contribution in [2.24, 2.45) is 0 Å². The number of aryl methyl sites for hydroxylation is 1. The molecule has 2 nitrogen and oxygen atoms in total. The maximum Gasteiger partial charge on any atom is 0.294 e. The topological polar surface area (TPSA) is 8.81 Å². The Bertz CT molecular complexity index is 841. The molecule has 1 aromatic heterocycles. The fraction of sp³-hybridized carbons (Fsp3) is 0.318. The van der Waals surface area contributed by atoms with E-state index < -0.39 is 0 Å². The first-order valence-corrected chi connectivity index (χ1v) is 9.06. The summed E-state index contributed by atoms with van der Waals surface area (Å²) in [4.78, 5) is 0. The summed E-state index contributed by atoms with van der Waals surface area (Å²) >= 11 is 0. The molecule has 2 heterocycles. The van der Waals surface area contributed by atoms with E-state index in [1.165, 1.54) is 29.1 Å². The highest BCUT2D eigenvalue weighted by molar-refractivity contribution is 5.61. The zero-order chi connectivity index (χ0) is 16.6. The van der Waals surface area contributed by atoms with Crippen LogP contribution < -0.4 is 4.57 Å². The lowest BCUT2D eigenvalue weighted by atomic mass is 9.86. The predicted molar refractivity (Wildman–Crippen MR) is 98.3 cm³/mol. The number of rotatable bonds is 3. The van der Waals surface area contributed by atoms with Gasteiger partial charge in [-0.15, -0.1) is 0 Å². The van der Waals surface area contributed by atoms with E-state index in [4.69, 9.17) is 0 Å². The van der Waals surface area contributed by atoms with Crippen LogP contribution >= 0.6 is 0 Å². The van der Waals surface area contributed by atoms with Gasteiger partial charge in [-0.3, -0.25) is 0 Å². The van der Waals surface area contributed by atoms with Crippen molar-refractivity contribution in [3.63, 3.8) is 0 Å². The summed E-state index contributed by atoms with van der Waals surface area (Å²) in [6.07, 6.45) is 9.19. The zero-order valence-electron chi connectivity index (χ0n) is 14.6. The van der Waals surface area contributed by atoms with Gasteiger partial charge >= 0.3 is 0 Å². The van der Waals surface area contributed by atoms with Crippen LogP contribution in [0.4, 0.5) is 0 Å². The Morgan fingerprint density at radius 1 is 0.958 bits per heavy atom. The Morgan fingerprint density at radius 3 is 2.42 bits per heavy atom. The van der Waals surface area contributed by atoms with E-state index in [1.807, 2.05) is 0 Å². The molecule has 0 amide bonds. The molecule has 3 aromatic rings. The van der Waals surface area contributed by atoms with Crippen LogP contribution in [0.5, 0.6) is 0 Å².